The van der Waals surface area contributed by atoms with Crippen molar-refractivity contribution in [2.24, 2.45) is 0 Å². The fourth-order valence-corrected chi connectivity index (χ4v) is 2.94. The minimum atomic E-state index is -0.162. The highest BCUT2D eigenvalue weighted by Crippen LogP contribution is 2.28. The normalized spacial score (nSPS) is 20.6. The molecule has 2 aromatic rings. The highest BCUT2D eigenvalue weighted by atomic mass is 16.3. The SMILES string of the molecule is CCCNc1ncc(-c2ccccn2)c(NC2CCC(O)CC2)n1. The van der Waals surface area contributed by atoms with E-state index in [0.717, 1.165) is 55.7 Å². The van der Waals surface area contributed by atoms with E-state index in [1.165, 1.54) is 0 Å². The first-order valence-electron chi connectivity index (χ1n) is 8.73. The van der Waals surface area contributed by atoms with Crippen LogP contribution >= 0.6 is 0 Å². The van der Waals surface area contributed by atoms with E-state index in [-0.39, 0.29) is 6.10 Å². The molecular formula is C18H25N5O. The lowest BCUT2D eigenvalue weighted by Gasteiger charge is -2.27. The maximum Gasteiger partial charge on any atom is 0.224 e. The van der Waals surface area contributed by atoms with Crippen LogP contribution in [-0.2, 0) is 0 Å². The van der Waals surface area contributed by atoms with Gasteiger partial charge >= 0.3 is 0 Å². The minimum Gasteiger partial charge on any atom is -0.393 e. The van der Waals surface area contributed by atoms with Gasteiger partial charge in [-0.1, -0.05) is 13.0 Å². The zero-order valence-corrected chi connectivity index (χ0v) is 14.1. The zero-order valence-electron chi connectivity index (χ0n) is 14.1. The molecular weight excluding hydrogens is 302 g/mol. The number of hydrogen-bond donors (Lipinski definition) is 3. The van der Waals surface area contributed by atoms with Crippen LogP contribution in [-0.4, -0.2) is 38.7 Å². The summed E-state index contributed by atoms with van der Waals surface area (Å²) in [4.78, 5) is 13.5. The quantitative estimate of drug-likeness (QED) is 0.756. The summed E-state index contributed by atoms with van der Waals surface area (Å²) in [6.07, 6.45) is 8.03. The first kappa shape index (κ1) is 16.6. The molecule has 0 atom stereocenters. The summed E-state index contributed by atoms with van der Waals surface area (Å²) in [5.74, 6) is 1.44. The summed E-state index contributed by atoms with van der Waals surface area (Å²) in [6, 6.07) is 6.15. The van der Waals surface area contributed by atoms with Gasteiger partial charge in [0.2, 0.25) is 5.95 Å². The van der Waals surface area contributed by atoms with Gasteiger partial charge in [0.15, 0.2) is 0 Å². The summed E-state index contributed by atoms with van der Waals surface area (Å²) in [5, 5.41) is 16.5. The molecule has 24 heavy (non-hydrogen) atoms. The third kappa shape index (κ3) is 4.20. The molecule has 1 saturated carbocycles. The number of anilines is 2. The van der Waals surface area contributed by atoms with Gasteiger partial charge in [-0.05, 0) is 44.2 Å². The molecule has 0 aliphatic heterocycles. The average molecular weight is 327 g/mol. The van der Waals surface area contributed by atoms with E-state index in [1.54, 1.807) is 6.20 Å². The molecule has 3 rings (SSSR count). The summed E-state index contributed by atoms with van der Waals surface area (Å²) in [7, 11) is 0. The molecule has 3 N–H and O–H groups in total. The fraction of sp³-hybridized carbons (Fsp3) is 0.500. The van der Waals surface area contributed by atoms with Crippen molar-refractivity contribution in [2.75, 3.05) is 17.2 Å². The second-order valence-electron chi connectivity index (χ2n) is 6.25. The number of nitrogens with one attached hydrogen (secondary N) is 2. The number of pyridine rings is 1. The third-order valence-corrected chi connectivity index (χ3v) is 4.30. The van der Waals surface area contributed by atoms with Gasteiger partial charge < -0.3 is 15.7 Å². The number of rotatable bonds is 6. The van der Waals surface area contributed by atoms with Crippen molar-refractivity contribution >= 4 is 11.8 Å². The van der Waals surface area contributed by atoms with E-state index >= 15 is 0 Å². The Balaban J connectivity index is 1.84. The number of aliphatic hydroxyl groups is 1. The maximum atomic E-state index is 9.69. The van der Waals surface area contributed by atoms with Crippen molar-refractivity contribution in [1.82, 2.24) is 15.0 Å². The lowest BCUT2D eigenvalue weighted by Crippen LogP contribution is -2.29. The Labute approximate surface area is 142 Å². The van der Waals surface area contributed by atoms with E-state index in [0.29, 0.717) is 12.0 Å². The first-order chi connectivity index (χ1) is 11.8. The van der Waals surface area contributed by atoms with Crippen molar-refractivity contribution in [1.29, 1.82) is 0 Å². The van der Waals surface area contributed by atoms with E-state index < -0.39 is 0 Å². The van der Waals surface area contributed by atoms with Gasteiger partial charge in [-0.3, -0.25) is 4.98 Å². The summed E-state index contributed by atoms with van der Waals surface area (Å²) in [5.41, 5.74) is 1.77. The Morgan fingerprint density at radius 1 is 1.17 bits per heavy atom. The number of hydrogen-bond acceptors (Lipinski definition) is 6. The fourth-order valence-electron chi connectivity index (χ4n) is 2.94. The molecule has 0 radical (unpaired) electrons. The monoisotopic (exact) mass is 327 g/mol. The first-order valence-corrected chi connectivity index (χ1v) is 8.73. The van der Waals surface area contributed by atoms with E-state index in [4.69, 9.17) is 0 Å². The minimum absolute atomic E-state index is 0.162. The van der Waals surface area contributed by atoms with Crippen molar-refractivity contribution in [3.8, 4) is 11.3 Å². The van der Waals surface area contributed by atoms with Crippen LogP contribution in [0.25, 0.3) is 11.3 Å². The largest absolute Gasteiger partial charge is 0.393 e. The van der Waals surface area contributed by atoms with E-state index in [9.17, 15) is 5.11 Å². The van der Waals surface area contributed by atoms with Crippen LogP contribution < -0.4 is 10.6 Å². The van der Waals surface area contributed by atoms with Crippen LogP contribution in [0.2, 0.25) is 0 Å². The Kier molecular flexibility index (Phi) is 5.59. The van der Waals surface area contributed by atoms with E-state index in [1.807, 2.05) is 24.4 Å². The lowest BCUT2D eigenvalue weighted by molar-refractivity contribution is 0.126. The van der Waals surface area contributed by atoms with Crippen LogP contribution in [0.5, 0.6) is 0 Å². The molecule has 1 fully saturated rings. The molecule has 0 amide bonds. The van der Waals surface area contributed by atoms with Gasteiger partial charge in [-0.15, -0.1) is 0 Å². The molecule has 1 aliphatic carbocycles. The Hall–Kier alpha value is -2.21. The molecule has 6 nitrogen and oxygen atoms in total. The number of aromatic nitrogens is 3. The van der Waals surface area contributed by atoms with Crippen LogP contribution in [0, 0.1) is 0 Å². The Morgan fingerprint density at radius 2 is 2.00 bits per heavy atom. The van der Waals surface area contributed by atoms with Crippen molar-refractivity contribution in [2.45, 2.75) is 51.2 Å². The second-order valence-corrected chi connectivity index (χ2v) is 6.25. The standard InChI is InChI=1S/C18H25N5O/c1-2-10-20-18-21-12-15(16-5-3-4-11-19-16)17(23-18)22-13-6-8-14(24)9-7-13/h3-5,11-14,24H,2,6-10H2,1H3,(H2,20,21,22,23). The van der Waals surface area contributed by atoms with Gasteiger partial charge in [0, 0.05) is 25.0 Å². The third-order valence-electron chi connectivity index (χ3n) is 4.30. The van der Waals surface area contributed by atoms with Gasteiger partial charge in [0.1, 0.15) is 5.82 Å². The van der Waals surface area contributed by atoms with Crippen LogP contribution in [0.1, 0.15) is 39.0 Å². The molecule has 1 aliphatic rings. The predicted molar refractivity (Wildman–Crippen MR) is 95.9 cm³/mol. The van der Waals surface area contributed by atoms with Crippen molar-refractivity contribution in [3.05, 3.63) is 30.6 Å². The molecule has 0 spiro atoms. The summed E-state index contributed by atoms with van der Waals surface area (Å²) >= 11 is 0. The Morgan fingerprint density at radius 3 is 2.71 bits per heavy atom. The molecule has 0 aromatic carbocycles. The van der Waals surface area contributed by atoms with Gasteiger partial charge in [0.25, 0.3) is 0 Å². The number of aliphatic hydroxyl groups excluding tert-OH is 1. The Bertz CT molecular complexity index is 641. The van der Waals surface area contributed by atoms with Crippen LogP contribution in [0.4, 0.5) is 11.8 Å². The molecule has 128 valence electrons. The molecule has 0 unspecified atom stereocenters. The molecule has 2 heterocycles. The van der Waals surface area contributed by atoms with Gasteiger partial charge in [-0.2, -0.15) is 4.98 Å². The van der Waals surface area contributed by atoms with Crippen molar-refractivity contribution in [3.63, 3.8) is 0 Å². The van der Waals surface area contributed by atoms with Gasteiger partial charge in [-0.25, -0.2) is 4.98 Å². The summed E-state index contributed by atoms with van der Waals surface area (Å²) < 4.78 is 0. The maximum absolute atomic E-state index is 9.69. The highest BCUT2D eigenvalue weighted by Gasteiger charge is 2.21. The molecule has 0 bridgehead atoms. The van der Waals surface area contributed by atoms with E-state index in [2.05, 4.69) is 32.5 Å². The average Bonchev–Trinajstić information content (AvgIpc) is 2.63. The van der Waals surface area contributed by atoms with Gasteiger partial charge in [0.05, 0.1) is 17.4 Å². The molecule has 0 saturated heterocycles. The summed E-state index contributed by atoms with van der Waals surface area (Å²) in [6.45, 7) is 2.96. The molecule has 2 aromatic heterocycles. The smallest absolute Gasteiger partial charge is 0.224 e. The van der Waals surface area contributed by atoms with Crippen LogP contribution in [0.3, 0.4) is 0 Å². The highest BCUT2D eigenvalue weighted by molar-refractivity contribution is 5.72. The second kappa shape index (κ2) is 8.06. The predicted octanol–water partition coefficient (Wildman–Crippen LogP) is 3.08. The number of nitrogens with zero attached hydrogens (tertiary/aromatic N) is 3. The lowest BCUT2D eigenvalue weighted by atomic mass is 9.93. The molecule has 6 heteroatoms. The zero-order chi connectivity index (χ0) is 16.8. The topological polar surface area (TPSA) is 83.0 Å². The van der Waals surface area contributed by atoms with Crippen LogP contribution in [0.15, 0.2) is 30.6 Å². The van der Waals surface area contributed by atoms with Crippen molar-refractivity contribution < 1.29 is 5.11 Å².